The molecule has 0 bridgehead atoms. The lowest BCUT2D eigenvalue weighted by Gasteiger charge is -2.26. The van der Waals surface area contributed by atoms with Crippen molar-refractivity contribution >= 4 is 11.9 Å². The van der Waals surface area contributed by atoms with E-state index in [1.54, 1.807) is 0 Å². The summed E-state index contributed by atoms with van der Waals surface area (Å²) in [7, 11) is 0. The zero-order valence-electron chi connectivity index (χ0n) is 13.0. The van der Waals surface area contributed by atoms with Crippen LogP contribution >= 0.6 is 0 Å². The Labute approximate surface area is 132 Å². The molecular weight excluding hydrogens is 278 g/mol. The number of nitrogens with one attached hydrogen (secondary N) is 2. The number of carbonyl (C=O) groups excluding carboxylic acids is 2. The van der Waals surface area contributed by atoms with Gasteiger partial charge in [0.05, 0.1) is 0 Å². The molecule has 0 saturated carbocycles. The van der Waals surface area contributed by atoms with Crippen LogP contribution in [0.2, 0.25) is 0 Å². The van der Waals surface area contributed by atoms with Gasteiger partial charge in [0, 0.05) is 32.6 Å². The first kappa shape index (κ1) is 16.3. The minimum atomic E-state index is -0.206. The molecule has 0 aliphatic carbocycles. The molecule has 5 heteroatoms. The first-order valence-corrected chi connectivity index (χ1v) is 8.09. The Kier molecular flexibility index (Phi) is 6.74. The van der Waals surface area contributed by atoms with Gasteiger partial charge in [-0.1, -0.05) is 30.3 Å². The van der Waals surface area contributed by atoms with Crippen molar-refractivity contribution in [3.63, 3.8) is 0 Å². The van der Waals surface area contributed by atoms with Gasteiger partial charge in [0.2, 0.25) is 5.91 Å². The third kappa shape index (κ3) is 5.76. The van der Waals surface area contributed by atoms with E-state index < -0.39 is 0 Å². The van der Waals surface area contributed by atoms with Gasteiger partial charge in [-0.3, -0.25) is 4.79 Å². The molecule has 1 saturated heterocycles. The van der Waals surface area contributed by atoms with Crippen LogP contribution in [-0.2, 0) is 11.2 Å². The van der Waals surface area contributed by atoms with Crippen LogP contribution in [0, 0.1) is 0 Å². The molecule has 1 aliphatic rings. The number of benzene rings is 1. The molecule has 0 unspecified atom stereocenters. The monoisotopic (exact) mass is 303 g/mol. The van der Waals surface area contributed by atoms with Crippen LogP contribution in [0.5, 0.6) is 0 Å². The largest absolute Gasteiger partial charge is 0.343 e. The van der Waals surface area contributed by atoms with Crippen LogP contribution in [0.1, 0.15) is 31.2 Å². The fourth-order valence-corrected chi connectivity index (χ4v) is 2.61. The van der Waals surface area contributed by atoms with E-state index in [2.05, 4.69) is 10.6 Å². The Morgan fingerprint density at radius 1 is 0.955 bits per heavy atom. The highest BCUT2D eigenvalue weighted by molar-refractivity contribution is 5.78. The fourth-order valence-electron chi connectivity index (χ4n) is 2.61. The normalized spacial score (nSPS) is 14.5. The van der Waals surface area contributed by atoms with Gasteiger partial charge in [0.15, 0.2) is 0 Å². The Bertz CT molecular complexity index is 470. The van der Waals surface area contributed by atoms with Crippen molar-refractivity contribution in [3.8, 4) is 0 Å². The molecule has 22 heavy (non-hydrogen) atoms. The second-order valence-corrected chi connectivity index (χ2v) is 5.61. The van der Waals surface area contributed by atoms with E-state index >= 15 is 0 Å². The van der Waals surface area contributed by atoms with E-state index in [-0.39, 0.29) is 11.9 Å². The summed E-state index contributed by atoms with van der Waals surface area (Å²) >= 11 is 0. The summed E-state index contributed by atoms with van der Waals surface area (Å²) in [6.45, 7) is 2.71. The molecule has 2 N–H and O–H groups in total. The van der Waals surface area contributed by atoms with Gasteiger partial charge in [-0.15, -0.1) is 0 Å². The molecule has 0 spiro atoms. The first-order chi connectivity index (χ1) is 10.8. The third-order valence-corrected chi connectivity index (χ3v) is 3.88. The maximum Gasteiger partial charge on any atom is 0.314 e. The number of nitrogens with zero attached hydrogens (tertiary/aromatic N) is 1. The standard InChI is InChI=1S/C17H25N3O2/c21-16(20-13-5-2-6-14-20)10-12-19-17(22)18-11-9-15-7-3-1-4-8-15/h1,3-4,7-8H,2,5-6,9-14H2,(H2,18,19,22). The van der Waals surface area contributed by atoms with Gasteiger partial charge in [0.1, 0.15) is 0 Å². The molecule has 1 fully saturated rings. The fraction of sp³-hybridized carbons (Fsp3) is 0.529. The predicted molar refractivity (Wildman–Crippen MR) is 86.6 cm³/mol. The Morgan fingerprint density at radius 2 is 1.64 bits per heavy atom. The maximum atomic E-state index is 11.9. The Morgan fingerprint density at radius 3 is 2.36 bits per heavy atom. The Balaban J connectivity index is 1.54. The quantitative estimate of drug-likeness (QED) is 0.843. The molecule has 0 atom stereocenters. The van der Waals surface area contributed by atoms with Gasteiger partial charge in [-0.05, 0) is 31.2 Å². The SMILES string of the molecule is O=C(NCCC(=O)N1CCCCC1)NCCc1ccccc1. The van der Waals surface area contributed by atoms with Crippen molar-refractivity contribution in [3.05, 3.63) is 35.9 Å². The van der Waals surface area contributed by atoms with Crippen LogP contribution in [0.4, 0.5) is 4.79 Å². The van der Waals surface area contributed by atoms with Crippen LogP contribution in [-0.4, -0.2) is 43.0 Å². The summed E-state index contributed by atoms with van der Waals surface area (Å²) in [5.74, 6) is 0.143. The third-order valence-electron chi connectivity index (χ3n) is 3.88. The number of amides is 3. The average Bonchev–Trinajstić information content (AvgIpc) is 2.56. The second-order valence-electron chi connectivity index (χ2n) is 5.61. The summed E-state index contributed by atoms with van der Waals surface area (Å²) in [5, 5.41) is 5.55. The molecular formula is C17H25N3O2. The number of likely N-dealkylation sites (tertiary alicyclic amines) is 1. The van der Waals surface area contributed by atoms with Crippen LogP contribution < -0.4 is 10.6 Å². The van der Waals surface area contributed by atoms with Crippen LogP contribution in [0.15, 0.2) is 30.3 Å². The summed E-state index contributed by atoms with van der Waals surface area (Å²) in [4.78, 5) is 25.5. The van der Waals surface area contributed by atoms with Gasteiger partial charge >= 0.3 is 6.03 Å². The molecule has 0 aromatic heterocycles. The van der Waals surface area contributed by atoms with Crippen molar-refractivity contribution in [1.82, 2.24) is 15.5 Å². The van der Waals surface area contributed by atoms with E-state index in [9.17, 15) is 9.59 Å². The van der Waals surface area contributed by atoms with E-state index in [4.69, 9.17) is 0 Å². The van der Waals surface area contributed by atoms with Crippen molar-refractivity contribution in [2.75, 3.05) is 26.2 Å². The minimum absolute atomic E-state index is 0.143. The highest BCUT2D eigenvalue weighted by Crippen LogP contribution is 2.09. The lowest BCUT2D eigenvalue weighted by atomic mass is 10.1. The minimum Gasteiger partial charge on any atom is -0.343 e. The zero-order valence-corrected chi connectivity index (χ0v) is 13.0. The molecule has 1 aromatic carbocycles. The van der Waals surface area contributed by atoms with Gasteiger partial charge < -0.3 is 15.5 Å². The lowest BCUT2D eigenvalue weighted by Crippen LogP contribution is -2.40. The predicted octanol–water partition coefficient (Wildman–Crippen LogP) is 1.93. The molecule has 1 aliphatic heterocycles. The number of rotatable bonds is 6. The second kappa shape index (κ2) is 9.07. The van der Waals surface area contributed by atoms with Crippen LogP contribution in [0.25, 0.3) is 0 Å². The average molecular weight is 303 g/mol. The number of carbonyl (C=O) groups is 2. The van der Waals surface area contributed by atoms with Gasteiger partial charge in [-0.2, -0.15) is 0 Å². The van der Waals surface area contributed by atoms with E-state index in [0.29, 0.717) is 19.5 Å². The summed E-state index contributed by atoms with van der Waals surface area (Å²) in [5.41, 5.74) is 1.20. The summed E-state index contributed by atoms with van der Waals surface area (Å²) in [6, 6.07) is 9.82. The maximum absolute atomic E-state index is 11.9. The number of piperidine rings is 1. The number of hydrogen-bond acceptors (Lipinski definition) is 2. The molecule has 1 heterocycles. The van der Waals surface area contributed by atoms with Crippen molar-refractivity contribution in [2.45, 2.75) is 32.1 Å². The topological polar surface area (TPSA) is 61.4 Å². The van der Waals surface area contributed by atoms with Crippen molar-refractivity contribution in [1.29, 1.82) is 0 Å². The van der Waals surface area contributed by atoms with Gasteiger partial charge in [0.25, 0.3) is 0 Å². The molecule has 2 rings (SSSR count). The zero-order chi connectivity index (χ0) is 15.6. The van der Waals surface area contributed by atoms with Crippen LogP contribution in [0.3, 0.4) is 0 Å². The Hall–Kier alpha value is -2.04. The highest BCUT2D eigenvalue weighted by atomic mass is 16.2. The van der Waals surface area contributed by atoms with Gasteiger partial charge in [-0.25, -0.2) is 4.79 Å². The highest BCUT2D eigenvalue weighted by Gasteiger charge is 2.15. The summed E-state index contributed by atoms with van der Waals surface area (Å²) < 4.78 is 0. The van der Waals surface area contributed by atoms with E-state index in [1.165, 1.54) is 12.0 Å². The molecule has 1 aromatic rings. The van der Waals surface area contributed by atoms with E-state index in [1.807, 2.05) is 35.2 Å². The molecule has 120 valence electrons. The molecule has 5 nitrogen and oxygen atoms in total. The molecule has 3 amide bonds. The van der Waals surface area contributed by atoms with E-state index in [0.717, 1.165) is 32.4 Å². The number of hydrogen-bond donors (Lipinski definition) is 2. The molecule has 0 radical (unpaired) electrons. The summed E-state index contributed by atoms with van der Waals surface area (Å²) in [6.07, 6.45) is 4.59. The smallest absolute Gasteiger partial charge is 0.314 e. The first-order valence-electron chi connectivity index (χ1n) is 8.09. The number of urea groups is 1. The lowest BCUT2D eigenvalue weighted by molar-refractivity contribution is -0.131. The van der Waals surface area contributed by atoms with Crippen molar-refractivity contribution in [2.24, 2.45) is 0 Å². The van der Waals surface area contributed by atoms with Crippen molar-refractivity contribution < 1.29 is 9.59 Å².